The van der Waals surface area contributed by atoms with E-state index in [0.717, 1.165) is 14.7 Å². The fourth-order valence-electron chi connectivity index (χ4n) is 3.66. The van der Waals surface area contributed by atoms with E-state index in [4.69, 9.17) is 11.6 Å². The second kappa shape index (κ2) is 7.23. The molecule has 148 valence electrons. The predicted octanol–water partition coefficient (Wildman–Crippen LogP) is 5.21. The summed E-state index contributed by atoms with van der Waals surface area (Å²) in [6, 6.07) is 20.4. The molecule has 0 radical (unpaired) electrons. The van der Waals surface area contributed by atoms with E-state index in [2.05, 4.69) is 0 Å². The van der Waals surface area contributed by atoms with Crippen LogP contribution in [0.4, 0.5) is 4.39 Å². The number of halogens is 2. The van der Waals surface area contributed by atoms with Crippen LogP contribution in [0.25, 0.3) is 26.0 Å². The Hall–Kier alpha value is -3.22. The smallest absolute Gasteiger partial charge is 0.287 e. The summed E-state index contributed by atoms with van der Waals surface area (Å²) in [5.41, 5.74) is 0.561. The molecule has 0 unspecified atom stereocenters. The second-order valence-corrected chi connectivity index (χ2v) is 8.33. The van der Waals surface area contributed by atoms with Gasteiger partial charge in [0.15, 0.2) is 0 Å². The third-order valence-corrected chi connectivity index (χ3v) is 6.45. The van der Waals surface area contributed by atoms with Crippen LogP contribution in [0.5, 0.6) is 0 Å². The lowest BCUT2D eigenvalue weighted by Crippen LogP contribution is -2.38. The van der Waals surface area contributed by atoms with Crippen molar-refractivity contribution < 1.29 is 4.39 Å². The average Bonchev–Trinajstić information content (AvgIpc) is 3.13. The molecule has 2 aromatic heterocycles. The number of fused-ring (bicyclic) bond motifs is 3. The summed E-state index contributed by atoms with van der Waals surface area (Å²) in [4.78, 5) is 26.9. The number of para-hydroxylation sites is 1. The summed E-state index contributed by atoms with van der Waals surface area (Å²) >= 11 is 7.64. The van der Waals surface area contributed by atoms with Crippen molar-refractivity contribution in [2.24, 2.45) is 0 Å². The Morgan fingerprint density at radius 1 is 0.933 bits per heavy atom. The monoisotopic (exact) mass is 436 g/mol. The van der Waals surface area contributed by atoms with Crippen molar-refractivity contribution in [3.05, 3.63) is 110 Å². The maximum atomic E-state index is 13.8. The number of rotatable bonds is 3. The van der Waals surface area contributed by atoms with E-state index in [1.54, 1.807) is 36.4 Å². The first-order valence-corrected chi connectivity index (χ1v) is 10.4. The second-order valence-electron chi connectivity index (χ2n) is 6.87. The zero-order valence-electron chi connectivity index (χ0n) is 15.5. The molecule has 0 amide bonds. The van der Waals surface area contributed by atoms with Crippen LogP contribution in [-0.2, 0) is 6.54 Å². The quantitative estimate of drug-likeness (QED) is 0.390. The van der Waals surface area contributed by atoms with Crippen LogP contribution in [0.15, 0.2) is 82.4 Å². The Bertz CT molecular complexity index is 1550. The van der Waals surface area contributed by atoms with Gasteiger partial charge in [-0.25, -0.2) is 13.8 Å². The Labute approximate surface area is 179 Å². The lowest BCUT2D eigenvalue weighted by molar-refractivity contribution is 0.622. The molecule has 2 heterocycles. The van der Waals surface area contributed by atoms with Crippen molar-refractivity contribution in [1.29, 1.82) is 0 Å². The lowest BCUT2D eigenvalue weighted by Gasteiger charge is -2.14. The molecule has 5 rings (SSSR count). The normalized spacial score (nSPS) is 11.4. The Balaban J connectivity index is 1.92. The molecule has 5 aromatic rings. The third kappa shape index (κ3) is 2.96. The molecule has 4 nitrogen and oxygen atoms in total. The van der Waals surface area contributed by atoms with Gasteiger partial charge in [-0.05, 0) is 35.9 Å². The first-order chi connectivity index (χ1) is 14.5. The van der Waals surface area contributed by atoms with Crippen LogP contribution in [0, 0.1) is 5.82 Å². The lowest BCUT2D eigenvalue weighted by atomic mass is 10.2. The summed E-state index contributed by atoms with van der Waals surface area (Å²) in [5, 5.41) is 1.11. The SMILES string of the molecule is O=c1c2sc3ccccc3c2n(Cc2cccc(F)c2)c(=O)n1-c1ccccc1Cl. The van der Waals surface area contributed by atoms with Crippen LogP contribution < -0.4 is 11.2 Å². The van der Waals surface area contributed by atoms with E-state index in [-0.39, 0.29) is 12.4 Å². The minimum atomic E-state index is -0.520. The average molecular weight is 437 g/mol. The number of thiophene rings is 1. The third-order valence-electron chi connectivity index (χ3n) is 4.98. The van der Waals surface area contributed by atoms with Gasteiger partial charge in [-0.3, -0.25) is 9.36 Å². The number of benzene rings is 3. The molecule has 0 atom stereocenters. The van der Waals surface area contributed by atoms with E-state index in [1.165, 1.54) is 28.0 Å². The summed E-state index contributed by atoms with van der Waals surface area (Å²) in [5.74, 6) is -0.383. The zero-order chi connectivity index (χ0) is 20.8. The van der Waals surface area contributed by atoms with Crippen LogP contribution in [0.1, 0.15) is 5.56 Å². The Kier molecular flexibility index (Phi) is 4.53. The van der Waals surface area contributed by atoms with Gasteiger partial charge in [-0.15, -0.1) is 11.3 Å². The van der Waals surface area contributed by atoms with Crippen molar-refractivity contribution in [3.63, 3.8) is 0 Å². The van der Waals surface area contributed by atoms with Crippen molar-refractivity contribution in [2.45, 2.75) is 6.54 Å². The zero-order valence-corrected chi connectivity index (χ0v) is 17.1. The Morgan fingerprint density at radius 3 is 2.50 bits per heavy atom. The molecule has 0 saturated carbocycles. The molecule has 0 N–H and O–H groups in total. The summed E-state index contributed by atoms with van der Waals surface area (Å²) in [6.07, 6.45) is 0. The first-order valence-electron chi connectivity index (χ1n) is 9.21. The molecule has 0 fully saturated rings. The molecule has 0 saturated heterocycles. The highest BCUT2D eigenvalue weighted by atomic mass is 35.5. The number of aromatic nitrogens is 2. The molecule has 3 aromatic carbocycles. The fourth-order valence-corrected chi connectivity index (χ4v) is 5.02. The van der Waals surface area contributed by atoms with Crippen molar-refractivity contribution in [3.8, 4) is 5.69 Å². The molecule has 30 heavy (non-hydrogen) atoms. The van der Waals surface area contributed by atoms with Gasteiger partial charge in [0.25, 0.3) is 5.56 Å². The van der Waals surface area contributed by atoms with Crippen LogP contribution >= 0.6 is 22.9 Å². The van der Waals surface area contributed by atoms with E-state index >= 15 is 0 Å². The number of hydrogen-bond donors (Lipinski definition) is 0. The van der Waals surface area contributed by atoms with Gasteiger partial charge >= 0.3 is 5.69 Å². The number of hydrogen-bond acceptors (Lipinski definition) is 3. The largest absolute Gasteiger partial charge is 0.336 e. The van der Waals surface area contributed by atoms with Crippen molar-refractivity contribution in [2.75, 3.05) is 0 Å². The van der Waals surface area contributed by atoms with Gasteiger partial charge in [0.1, 0.15) is 10.5 Å². The topological polar surface area (TPSA) is 44.0 Å². The van der Waals surface area contributed by atoms with E-state index in [9.17, 15) is 14.0 Å². The molecule has 0 aliphatic rings. The predicted molar refractivity (Wildman–Crippen MR) is 120 cm³/mol. The maximum absolute atomic E-state index is 13.8. The molecule has 0 aliphatic carbocycles. The van der Waals surface area contributed by atoms with E-state index < -0.39 is 11.2 Å². The van der Waals surface area contributed by atoms with E-state index in [1.807, 2.05) is 24.3 Å². The fraction of sp³-hybridized carbons (Fsp3) is 0.0435. The molecular weight excluding hydrogens is 423 g/mol. The molecule has 7 heteroatoms. The summed E-state index contributed by atoms with van der Waals surface area (Å²) in [7, 11) is 0. The van der Waals surface area contributed by atoms with Crippen LogP contribution in [0.3, 0.4) is 0 Å². The number of nitrogens with zero attached hydrogens (tertiary/aromatic N) is 2. The highest BCUT2D eigenvalue weighted by Crippen LogP contribution is 2.31. The van der Waals surface area contributed by atoms with Gasteiger partial charge in [0.05, 0.1) is 22.8 Å². The summed E-state index contributed by atoms with van der Waals surface area (Å²) in [6.45, 7) is 0.124. The van der Waals surface area contributed by atoms with Gasteiger partial charge in [0.2, 0.25) is 0 Å². The Morgan fingerprint density at radius 2 is 1.70 bits per heavy atom. The van der Waals surface area contributed by atoms with Gasteiger partial charge in [-0.1, -0.05) is 54.1 Å². The molecule has 0 bridgehead atoms. The minimum Gasteiger partial charge on any atom is -0.287 e. The molecular formula is C23H14ClFN2O2S. The van der Waals surface area contributed by atoms with Gasteiger partial charge < -0.3 is 0 Å². The van der Waals surface area contributed by atoms with Crippen LogP contribution in [0.2, 0.25) is 5.02 Å². The van der Waals surface area contributed by atoms with Crippen molar-refractivity contribution >= 4 is 43.2 Å². The van der Waals surface area contributed by atoms with Gasteiger partial charge in [-0.2, -0.15) is 0 Å². The maximum Gasteiger partial charge on any atom is 0.336 e. The van der Waals surface area contributed by atoms with Crippen LogP contribution in [-0.4, -0.2) is 9.13 Å². The molecule has 0 spiro atoms. The first kappa shape index (κ1) is 18.8. The standard InChI is InChI=1S/C23H14ClFN2O2S/c24-17-9-2-3-10-18(17)27-22(28)21-20(16-8-1-4-11-19(16)30-21)26(23(27)29)13-14-6-5-7-15(25)12-14/h1-12H,13H2. The highest BCUT2D eigenvalue weighted by Gasteiger charge is 2.20. The van der Waals surface area contributed by atoms with E-state index in [0.29, 0.717) is 26.5 Å². The van der Waals surface area contributed by atoms with Crippen molar-refractivity contribution in [1.82, 2.24) is 9.13 Å². The van der Waals surface area contributed by atoms with Gasteiger partial charge in [0, 0.05) is 10.1 Å². The minimum absolute atomic E-state index is 0.124. The molecule has 0 aliphatic heterocycles. The highest BCUT2D eigenvalue weighted by molar-refractivity contribution is 7.25. The summed E-state index contributed by atoms with van der Waals surface area (Å²) < 4.78 is 17.7.